The molecular formula is C12H20F3N5O4S. The minimum atomic E-state index is -5.08. The predicted molar refractivity (Wildman–Crippen MR) is 83.0 cm³/mol. The summed E-state index contributed by atoms with van der Waals surface area (Å²) in [5, 5.41) is 11.2. The zero-order valence-corrected chi connectivity index (χ0v) is 14.7. The molecule has 2 N–H and O–H groups in total. The van der Waals surface area contributed by atoms with Gasteiger partial charge >= 0.3 is 22.4 Å². The molecule has 9 nitrogen and oxygen atoms in total. The lowest BCUT2D eigenvalue weighted by molar-refractivity contribution is -0.192. The number of likely N-dealkylation sites (tertiary alicyclic amines) is 1. The van der Waals surface area contributed by atoms with Crippen LogP contribution in [0, 0.1) is 0 Å². The average Bonchev–Trinajstić information content (AvgIpc) is 3.08. The van der Waals surface area contributed by atoms with Crippen LogP contribution in [0.2, 0.25) is 0 Å². The molecule has 0 spiro atoms. The second kappa shape index (κ2) is 8.01. The molecule has 1 aromatic rings. The van der Waals surface area contributed by atoms with E-state index >= 15 is 0 Å². The third kappa shape index (κ3) is 5.57. The fourth-order valence-electron chi connectivity index (χ4n) is 2.28. The number of aryl methyl sites for hydroxylation is 1. The van der Waals surface area contributed by atoms with Crippen molar-refractivity contribution in [3.8, 4) is 0 Å². The van der Waals surface area contributed by atoms with Crippen LogP contribution in [0.1, 0.15) is 12.8 Å². The van der Waals surface area contributed by atoms with Crippen LogP contribution < -0.4 is 9.03 Å². The van der Waals surface area contributed by atoms with Gasteiger partial charge in [0.15, 0.2) is 0 Å². The molecule has 1 aromatic heterocycles. The Bertz CT molecular complexity index is 691. The molecule has 0 amide bonds. The maximum absolute atomic E-state index is 12.2. The van der Waals surface area contributed by atoms with Crippen molar-refractivity contribution in [1.82, 2.24) is 19.4 Å². The summed E-state index contributed by atoms with van der Waals surface area (Å²) >= 11 is 0. The van der Waals surface area contributed by atoms with Crippen molar-refractivity contribution >= 4 is 21.9 Å². The number of nitrogens with one attached hydrogen (secondary N) is 1. The third-order valence-corrected chi connectivity index (χ3v) is 4.95. The van der Waals surface area contributed by atoms with E-state index in [1.165, 1.54) is 11.4 Å². The summed E-state index contributed by atoms with van der Waals surface area (Å²) in [6.45, 7) is 0.903. The molecule has 0 bridgehead atoms. The zero-order valence-electron chi connectivity index (χ0n) is 13.9. The number of carbonyl (C=O) groups is 1. The fourth-order valence-corrected chi connectivity index (χ4v) is 3.44. The Hall–Kier alpha value is -1.86. The Morgan fingerprint density at radius 3 is 2.32 bits per heavy atom. The van der Waals surface area contributed by atoms with E-state index in [-0.39, 0.29) is 6.17 Å². The van der Waals surface area contributed by atoms with Crippen LogP contribution in [-0.2, 0) is 22.1 Å². The molecule has 1 saturated heterocycles. The molecule has 0 aliphatic carbocycles. The number of carboxylic acids is 1. The Morgan fingerprint density at radius 1 is 1.44 bits per heavy atom. The highest BCUT2D eigenvalue weighted by molar-refractivity contribution is 7.90. The van der Waals surface area contributed by atoms with Crippen molar-refractivity contribution in [2.45, 2.75) is 25.2 Å². The normalized spacial score (nSPS) is 18.6. The number of aromatic nitrogens is 2. The monoisotopic (exact) mass is 387 g/mol. The summed E-state index contributed by atoms with van der Waals surface area (Å²) in [6.07, 6.45) is -0.127. The van der Waals surface area contributed by atoms with Crippen molar-refractivity contribution in [1.29, 1.82) is 0 Å². The highest BCUT2D eigenvalue weighted by Gasteiger charge is 2.38. The maximum atomic E-state index is 12.2. The average molecular weight is 387 g/mol. The minimum Gasteiger partial charge on any atom is -0.475 e. The lowest BCUT2D eigenvalue weighted by Gasteiger charge is -2.32. The lowest BCUT2D eigenvalue weighted by Crippen LogP contribution is -2.50. The van der Waals surface area contributed by atoms with Crippen molar-refractivity contribution in [3.63, 3.8) is 0 Å². The van der Waals surface area contributed by atoms with Gasteiger partial charge in [0.25, 0.3) is 0 Å². The van der Waals surface area contributed by atoms with Gasteiger partial charge in [-0.25, -0.2) is 13.8 Å². The third-order valence-electron chi connectivity index (χ3n) is 3.46. The molecule has 0 radical (unpaired) electrons. The predicted octanol–water partition coefficient (Wildman–Crippen LogP) is 0.376. The van der Waals surface area contributed by atoms with E-state index in [2.05, 4.69) is 9.82 Å². The number of halogens is 3. The van der Waals surface area contributed by atoms with Gasteiger partial charge in [0, 0.05) is 20.3 Å². The number of rotatable bonds is 4. The van der Waals surface area contributed by atoms with Gasteiger partial charge in [-0.3, -0.25) is 9.58 Å². The van der Waals surface area contributed by atoms with Gasteiger partial charge in [-0.15, -0.1) is 0 Å². The van der Waals surface area contributed by atoms with E-state index in [0.29, 0.717) is 5.69 Å². The molecule has 13 heteroatoms. The van der Waals surface area contributed by atoms with Crippen LogP contribution in [0.5, 0.6) is 0 Å². The summed E-state index contributed by atoms with van der Waals surface area (Å²) in [6, 6.07) is 0. The van der Waals surface area contributed by atoms with Crippen LogP contribution in [0.3, 0.4) is 0 Å². The van der Waals surface area contributed by atoms with E-state index in [1.54, 1.807) is 24.1 Å². The molecule has 1 aliphatic heterocycles. The highest BCUT2D eigenvalue weighted by atomic mass is 32.2. The number of hydrogen-bond acceptors (Lipinski definition) is 5. The van der Waals surface area contributed by atoms with Crippen LogP contribution >= 0.6 is 0 Å². The van der Waals surface area contributed by atoms with Crippen molar-refractivity contribution < 1.29 is 31.5 Å². The smallest absolute Gasteiger partial charge is 0.475 e. The Balaban J connectivity index is 0.000000381. The van der Waals surface area contributed by atoms with Crippen molar-refractivity contribution in [2.24, 2.45) is 7.05 Å². The van der Waals surface area contributed by atoms with Gasteiger partial charge in [-0.1, -0.05) is 0 Å². The first-order valence-electron chi connectivity index (χ1n) is 7.12. The zero-order chi connectivity index (χ0) is 19.4. The molecule has 1 fully saturated rings. The second-order valence-corrected chi connectivity index (χ2v) is 7.04. The first-order valence-corrected chi connectivity index (χ1v) is 8.56. The molecular weight excluding hydrogens is 367 g/mol. The fraction of sp³-hybridized carbons (Fsp3) is 0.667. The molecule has 0 saturated carbocycles. The van der Waals surface area contributed by atoms with Crippen LogP contribution in [0.15, 0.2) is 12.4 Å². The van der Waals surface area contributed by atoms with E-state index in [1.807, 2.05) is 11.9 Å². The number of aliphatic carboxylic acids is 1. The molecule has 2 rings (SSSR count). The number of anilines is 1. The summed E-state index contributed by atoms with van der Waals surface area (Å²) in [7, 11) is 1.60. The Morgan fingerprint density at radius 2 is 2.00 bits per heavy atom. The first-order chi connectivity index (χ1) is 11.4. The summed E-state index contributed by atoms with van der Waals surface area (Å²) in [5.74, 6) is -2.76. The van der Waals surface area contributed by atoms with Gasteiger partial charge in [0.2, 0.25) is 0 Å². The van der Waals surface area contributed by atoms with E-state index in [9.17, 15) is 21.6 Å². The van der Waals surface area contributed by atoms with E-state index < -0.39 is 22.4 Å². The highest BCUT2D eigenvalue weighted by Crippen LogP contribution is 2.27. The quantitative estimate of drug-likeness (QED) is 0.773. The van der Waals surface area contributed by atoms with Gasteiger partial charge in [-0.2, -0.15) is 26.7 Å². The van der Waals surface area contributed by atoms with Crippen LogP contribution in [0.25, 0.3) is 0 Å². The molecule has 1 atom stereocenters. The largest absolute Gasteiger partial charge is 0.490 e. The Kier molecular flexibility index (Phi) is 6.79. The van der Waals surface area contributed by atoms with E-state index in [4.69, 9.17) is 9.90 Å². The van der Waals surface area contributed by atoms with Gasteiger partial charge in [0.1, 0.15) is 0 Å². The number of nitrogens with zero attached hydrogens (tertiary/aromatic N) is 4. The second-order valence-electron chi connectivity index (χ2n) is 5.28. The number of hydrogen-bond donors (Lipinski definition) is 2. The standard InChI is InChI=1S/C10H19N5O2S.C2HF3O2/c1-11-18(16,17)15(9-7-12-14(3)8-9)10-5-4-6-13(10)2;3-2(4,5)1(6)7/h7-8,10-11H,4-6H2,1-3H3;(H,6,7)/t10-;/m1./s1. The summed E-state index contributed by atoms with van der Waals surface area (Å²) in [5.41, 5.74) is 0.589. The van der Waals surface area contributed by atoms with Gasteiger partial charge < -0.3 is 5.11 Å². The summed E-state index contributed by atoms with van der Waals surface area (Å²) < 4.78 is 61.5. The number of alkyl halides is 3. The Labute approximate surface area is 143 Å². The maximum Gasteiger partial charge on any atom is 0.490 e. The van der Waals surface area contributed by atoms with Crippen molar-refractivity contribution in [3.05, 3.63) is 12.4 Å². The topological polar surface area (TPSA) is 108 Å². The van der Waals surface area contributed by atoms with Gasteiger partial charge in [-0.05, 0) is 26.4 Å². The molecule has 1 aliphatic rings. The van der Waals surface area contributed by atoms with Crippen LogP contribution in [0.4, 0.5) is 18.9 Å². The first kappa shape index (κ1) is 21.2. The molecule has 25 heavy (non-hydrogen) atoms. The van der Waals surface area contributed by atoms with Crippen LogP contribution in [-0.4, -0.2) is 67.2 Å². The van der Waals surface area contributed by atoms with Crippen molar-refractivity contribution in [2.75, 3.05) is 24.9 Å². The molecule has 0 unspecified atom stereocenters. The SMILES string of the molecule is CNS(=O)(=O)N(c1cnn(C)c1)[C@@H]1CCCN1C.O=C(O)C(F)(F)F. The lowest BCUT2D eigenvalue weighted by atomic mass is 10.3. The molecule has 2 heterocycles. The minimum absolute atomic E-state index is 0.147. The number of carboxylic acid groups (broad SMARTS) is 1. The molecule has 144 valence electrons. The van der Waals surface area contributed by atoms with E-state index in [0.717, 1.165) is 19.4 Å². The molecule has 0 aromatic carbocycles. The summed E-state index contributed by atoms with van der Waals surface area (Å²) in [4.78, 5) is 10.9. The van der Waals surface area contributed by atoms with Gasteiger partial charge in [0.05, 0.1) is 18.1 Å².